The Morgan fingerprint density at radius 2 is 2.00 bits per heavy atom. The van der Waals surface area contributed by atoms with Crippen molar-refractivity contribution in [3.05, 3.63) is 0 Å². The van der Waals surface area contributed by atoms with Gasteiger partial charge in [-0.15, -0.1) is 0 Å². The minimum Gasteiger partial charge on any atom is -0.396 e. The predicted octanol–water partition coefficient (Wildman–Crippen LogP) is 1.57. The van der Waals surface area contributed by atoms with Crippen molar-refractivity contribution in [2.24, 2.45) is 11.8 Å². The summed E-state index contributed by atoms with van der Waals surface area (Å²) < 4.78 is 0. The molecule has 2 fully saturated rings. The minimum absolute atomic E-state index is 0.00834. The quantitative estimate of drug-likeness (QED) is 0.697. The van der Waals surface area contributed by atoms with Gasteiger partial charge in [0.05, 0.1) is 0 Å². The zero-order chi connectivity index (χ0) is 15.2. The lowest BCUT2D eigenvalue weighted by molar-refractivity contribution is 0.198. The maximum atomic E-state index is 12.0. The number of carbonyl (C=O) groups is 1. The molecule has 3 unspecified atom stereocenters. The second-order valence-electron chi connectivity index (χ2n) is 6.96. The molecule has 122 valence electrons. The van der Waals surface area contributed by atoms with Crippen LogP contribution in [0.25, 0.3) is 0 Å². The summed E-state index contributed by atoms with van der Waals surface area (Å²) in [5, 5.41) is 15.1. The predicted molar refractivity (Wildman–Crippen MR) is 84.2 cm³/mol. The van der Waals surface area contributed by atoms with Crippen molar-refractivity contribution in [3.8, 4) is 0 Å². The van der Waals surface area contributed by atoms with E-state index in [1.807, 2.05) is 13.8 Å². The average molecular weight is 297 g/mol. The molecule has 5 heteroatoms. The Labute approximate surface area is 128 Å². The smallest absolute Gasteiger partial charge is 0.315 e. The number of nitrogens with one attached hydrogen (secondary N) is 2. The van der Waals surface area contributed by atoms with E-state index in [4.69, 9.17) is 5.11 Å². The minimum atomic E-state index is -0.101. The van der Waals surface area contributed by atoms with E-state index < -0.39 is 0 Å². The van der Waals surface area contributed by atoms with E-state index in [-0.39, 0.29) is 30.6 Å². The third-order valence-electron chi connectivity index (χ3n) is 5.10. The summed E-state index contributed by atoms with van der Waals surface area (Å²) in [6.45, 7) is 7.25. The number of aliphatic hydroxyl groups is 1. The fourth-order valence-corrected chi connectivity index (χ4v) is 3.41. The van der Waals surface area contributed by atoms with E-state index in [1.165, 1.54) is 32.2 Å². The lowest BCUT2D eigenvalue weighted by Gasteiger charge is -2.22. The SMILES string of the molecule is CC(CO)C(C)NC(=O)NC1CCN(CC2CCCC2)C1. The molecule has 0 radical (unpaired) electrons. The van der Waals surface area contributed by atoms with Crippen LogP contribution in [-0.4, -0.2) is 54.4 Å². The molecule has 5 nitrogen and oxygen atoms in total. The molecular formula is C16H31N3O2. The molecule has 0 spiro atoms. The van der Waals surface area contributed by atoms with Crippen LogP contribution >= 0.6 is 0 Å². The molecule has 1 aliphatic heterocycles. The van der Waals surface area contributed by atoms with E-state index in [0.717, 1.165) is 25.4 Å². The maximum absolute atomic E-state index is 12.0. The fourth-order valence-electron chi connectivity index (χ4n) is 3.41. The van der Waals surface area contributed by atoms with Gasteiger partial charge in [-0.1, -0.05) is 19.8 Å². The molecule has 1 saturated heterocycles. The molecule has 0 aromatic heterocycles. The van der Waals surface area contributed by atoms with Gasteiger partial charge in [0.15, 0.2) is 0 Å². The standard InChI is InChI=1S/C16H31N3O2/c1-12(11-20)13(2)17-16(21)18-15-7-8-19(10-15)9-14-5-3-4-6-14/h12-15,20H,3-11H2,1-2H3,(H2,17,18,21). The molecule has 0 bridgehead atoms. The summed E-state index contributed by atoms with van der Waals surface area (Å²) in [6.07, 6.45) is 6.59. The number of hydrogen-bond acceptors (Lipinski definition) is 3. The molecule has 0 aromatic carbocycles. The number of carbonyl (C=O) groups excluding carboxylic acids is 1. The van der Waals surface area contributed by atoms with Crippen molar-refractivity contribution in [2.45, 2.75) is 58.0 Å². The highest BCUT2D eigenvalue weighted by molar-refractivity contribution is 5.74. The number of nitrogens with zero attached hydrogens (tertiary/aromatic N) is 1. The molecular weight excluding hydrogens is 266 g/mol. The molecule has 3 atom stereocenters. The molecule has 1 aliphatic carbocycles. The Morgan fingerprint density at radius 3 is 2.67 bits per heavy atom. The first-order valence-corrected chi connectivity index (χ1v) is 8.48. The van der Waals surface area contributed by atoms with Crippen LogP contribution < -0.4 is 10.6 Å². The van der Waals surface area contributed by atoms with Gasteiger partial charge in [-0.25, -0.2) is 4.79 Å². The van der Waals surface area contributed by atoms with Gasteiger partial charge in [0, 0.05) is 38.3 Å². The van der Waals surface area contributed by atoms with Crippen LogP contribution in [0.15, 0.2) is 0 Å². The summed E-state index contributed by atoms with van der Waals surface area (Å²) >= 11 is 0. The number of aliphatic hydroxyl groups excluding tert-OH is 1. The first-order valence-electron chi connectivity index (χ1n) is 8.48. The second-order valence-corrected chi connectivity index (χ2v) is 6.96. The normalized spacial score (nSPS) is 26.7. The van der Waals surface area contributed by atoms with Crippen LogP contribution in [0.3, 0.4) is 0 Å². The van der Waals surface area contributed by atoms with Crippen LogP contribution in [0.2, 0.25) is 0 Å². The van der Waals surface area contributed by atoms with Gasteiger partial charge in [-0.3, -0.25) is 0 Å². The molecule has 1 saturated carbocycles. The van der Waals surface area contributed by atoms with Gasteiger partial charge in [-0.05, 0) is 38.0 Å². The maximum Gasteiger partial charge on any atom is 0.315 e. The molecule has 2 amide bonds. The summed E-state index contributed by atoms with van der Waals surface area (Å²) in [4.78, 5) is 14.5. The average Bonchev–Trinajstić information content (AvgIpc) is 3.10. The summed E-state index contributed by atoms with van der Waals surface area (Å²) in [7, 11) is 0. The summed E-state index contributed by atoms with van der Waals surface area (Å²) in [5.74, 6) is 0.959. The number of likely N-dealkylation sites (tertiary alicyclic amines) is 1. The zero-order valence-corrected chi connectivity index (χ0v) is 13.5. The summed E-state index contributed by atoms with van der Waals surface area (Å²) in [5.41, 5.74) is 0. The molecule has 0 aromatic rings. The van der Waals surface area contributed by atoms with E-state index in [1.54, 1.807) is 0 Å². The Morgan fingerprint density at radius 1 is 1.29 bits per heavy atom. The van der Waals surface area contributed by atoms with Gasteiger partial charge >= 0.3 is 6.03 Å². The van der Waals surface area contributed by atoms with Crippen LogP contribution in [0.5, 0.6) is 0 Å². The highest BCUT2D eigenvalue weighted by atomic mass is 16.3. The molecule has 21 heavy (non-hydrogen) atoms. The first kappa shape index (κ1) is 16.6. The Bertz CT molecular complexity index is 331. The van der Waals surface area contributed by atoms with Crippen molar-refractivity contribution in [1.29, 1.82) is 0 Å². The largest absolute Gasteiger partial charge is 0.396 e. The number of hydrogen-bond donors (Lipinski definition) is 3. The number of amides is 2. The Hall–Kier alpha value is -0.810. The lowest BCUT2D eigenvalue weighted by atomic mass is 10.1. The van der Waals surface area contributed by atoms with Crippen molar-refractivity contribution < 1.29 is 9.90 Å². The van der Waals surface area contributed by atoms with Crippen LogP contribution in [0.1, 0.15) is 46.0 Å². The first-order chi connectivity index (χ1) is 10.1. The van der Waals surface area contributed by atoms with Gasteiger partial charge in [-0.2, -0.15) is 0 Å². The van der Waals surface area contributed by atoms with Crippen molar-refractivity contribution >= 4 is 6.03 Å². The van der Waals surface area contributed by atoms with E-state index in [2.05, 4.69) is 15.5 Å². The summed E-state index contributed by atoms with van der Waals surface area (Å²) in [6, 6.07) is 0.157. The van der Waals surface area contributed by atoms with Crippen LogP contribution in [-0.2, 0) is 0 Å². The number of rotatable bonds is 6. The third kappa shape index (κ3) is 5.15. The topological polar surface area (TPSA) is 64.6 Å². The van der Waals surface area contributed by atoms with Crippen molar-refractivity contribution in [3.63, 3.8) is 0 Å². The molecule has 3 N–H and O–H groups in total. The highest BCUT2D eigenvalue weighted by Gasteiger charge is 2.27. The Balaban J connectivity index is 1.66. The van der Waals surface area contributed by atoms with Gasteiger partial charge in [0.25, 0.3) is 0 Å². The van der Waals surface area contributed by atoms with Crippen LogP contribution in [0, 0.1) is 11.8 Å². The monoisotopic (exact) mass is 297 g/mol. The third-order valence-corrected chi connectivity index (χ3v) is 5.10. The fraction of sp³-hybridized carbons (Fsp3) is 0.938. The van der Waals surface area contributed by atoms with Gasteiger partial charge in [0.1, 0.15) is 0 Å². The van der Waals surface area contributed by atoms with Gasteiger partial charge in [0.2, 0.25) is 0 Å². The van der Waals surface area contributed by atoms with Gasteiger partial charge < -0.3 is 20.6 Å². The van der Waals surface area contributed by atoms with E-state index in [9.17, 15) is 4.79 Å². The lowest BCUT2D eigenvalue weighted by Crippen LogP contribution is -2.48. The van der Waals surface area contributed by atoms with Crippen molar-refractivity contribution in [1.82, 2.24) is 15.5 Å². The van der Waals surface area contributed by atoms with Crippen molar-refractivity contribution in [2.75, 3.05) is 26.2 Å². The van der Waals surface area contributed by atoms with E-state index >= 15 is 0 Å². The van der Waals surface area contributed by atoms with E-state index in [0.29, 0.717) is 0 Å². The second kappa shape index (κ2) is 7.99. The molecule has 2 rings (SSSR count). The molecule has 2 aliphatic rings. The zero-order valence-electron chi connectivity index (χ0n) is 13.5. The van der Waals surface area contributed by atoms with Crippen LogP contribution in [0.4, 0.5) is 4.79 Å². The number of urea groups is 1. The molecule has 1 heterocycles. The Kier molecular flexibility index (Phi) is 6.30. The highest BCUT2D eigenvalue weighted by Crippen LogP contribution is 2.26.